The van der Waals surface area contributed by atoms with Gasteiger partial charge in [-0.05, 0) is 38.5 Å². The van der Waals surface area contributed by atoms with Crippen LogP contribution in [0.4, 0.5) is 5.69 Å². The van der Waals surface area contributed by atoms with Crippen LogP contribution >= 0.6 is 0 Å². The number of carbonyl (C=O) groups excluding carboxylic acids is 2. The zero-order valence-electron chi connectivity index (χ0n) is 13.9. The molecule has 0 aliphatic rings. The summed E-state index contributed by atoms with van der Waals surface area (Å²) in [6, 6.07) is 6.47. The van der Waals surface area contributed by atoms with E-state index in [1.54, 1.807) is 13.0 Å². The van der Waals surface area contributed by atoms with Crippen LogP contribution in [0, 0.1) is 11.3 Å². The van der Waals surface area contributed by atoms with Gasteiger partial charge in [-0.25, -0.2) is 0 Å². The van der Waals surface area contributed by atoms with Crippen molar-refractivity contribution >= 4 is 17.6 Å². The molecule has 0 heterocycles. The van der Waals surface area contributed by atoms with E-state index in [1.807, 2.05) is 19.9 Å². The Balaban J connectivity index is 2.98. The molecule has 1 aromatic rings. The van der Waals surface area contributed by atoms with Crippen molar-refractivity contribution in [3.63, 3.8) is 0 Å². The highest BCUT2D eigenvalue weighted by Gasteiger charge is 2.33. The summed E-state index contributed by atoms with van der Waals surface area (Å²) in [5.74, 6) is -0.616. The van der Waals surface area contributed by atoms with Crippen LogP contribution in [-0.2, 0) is 14.3 Å². The molecule has 6 nitrogen and oxygen atoms in total. The van der Waals surface area contributed by atoms with Crippen molar-refractivity contribution in [3.8, 4) is 11.8 Å². The number of hydrogen-bond donors (Lipinski definition) is 1. The van der Waals surface area contributed by atoms with Crippen LogP contribution in [0.3, 0.4) is 0 Å². The number of anilines is 1. The molecule has 0 bridgehead atoms. The van der Waals surface area contributed by atoms with Crippen LogP contribution in [0.2, 0.25) is 0 Å². The molecule has 1 aromatic carbocycles. The summed E-state index contributed by atoms with van der Waals surface area (Å²) >= 11 is 0. The summed E-state index contributed by atoms with van der Waals surface area (Å²) in [5, 5.41) is 11.9. The van der Waals surface area contributed by atoms with Crippen molar-refractivity contribution in [3.05, 3.63) is 23.8 Å². The fourth-order valence-electron chi connectivity index (χ4n) is 2.25. The van der Waals surface area contributed by atoms with Gasteiger partial charge in [0.05, 0.1) is 5.56 Å². The van der Waals surface area contributed by atoms with Crippen LogP contribution < -0.4 is 10.1 Å². The largest absolute Gasteiger partial charge is 0.425 e. The molecule has 0 aliphatic carbocycles. The highest BCUT2D eigenvalue weighted by Crippen LogP contribution is 2.25. The Labute approximate surface area is 136 Å². The van der Waals surface area contributed by atoms with E-state index >= 15 is 0 Å². The predicted molar refractivity (Wildman–Crippen MR) is 86.0 cm³/mol. The van der Waals surface area contributed by atoms with Gasteiger partial charge < -0.3 is 14.8 Å². The Bertz CT molecular complexity index is 614. The summed E-state index contributed by atoms with van der Waals surface area (Å²) < 4.78 is 10.5. The third kappa shape index (κ3) is 5.08. The molecule has 0 radical (unpaired) electrons. The Morgan fingerprint density at radius 2 is 2.04 bits per heavy atom. The van der Waals surface area contributed by atoms with E-state index < -0.39 is 11.6 Å². The van der Waals surface area contributed by atoms with E-state index in [2.05, 4.69) is 5.32 Å². The molecule has 0 fully saturated rings. The van der Waals surface area contributed by atoms with Gasteiger partial charge in [-0.2, -0.15) is 5.26 Å². The lowest BCUT2D eigenvalue weighted by atomic mass is 9.99. The molecule has 1 N–H and O–H groups in total. The van der Waals surface area contributed by atoms with Crippen LogP contribution in [-0.4, -0.2) is 24.1 Å². The molecule has 23 heavy (non-hydrogen) atoms. The van der Waals surface area contributed by atoms with Crippen LogP contribution in [0.15, 0.2) is 18.2 Å². The van der Waals surface area contributed by atoms with Gasteiger partial charge in [-0.15, -0.1) is 0 Å². The molecule has 0 saturated carbocycles. The summed E-state index contributed by atoms with van der Waals surface area (Å²) in [5.41, 5.74) is -0.304. The number of hydrogen-bond acceptors (Lipinski definition) is 5. The van der Waals surface area contributed by atoms with Gasteiger partial charge in [0.2, 0.25) is 0 Å². The molecule has 0 saturated heterocycles. The standard InChI is InChI=1S/C17H22N2O4/c1-5-9-17(4,22-6-2)16(21)19-14-7-8-15(23-12(3)20)13(10-14)11-18/h7-8,10H,5-6,9H2,1-4H3,(H,19,21)/t17-/m1/s1. The molecule has 124 valence electrons. The zero-order chi connectivity index (χ0) is 17.5. The average molecular weight is 318 g/mol. The third-order valence-electron chi connectivity index (χ3n) is 3.28. The van der Waals surface area contributed by atoms with Crippen molar-refractivity contribution in [2.75, 3.05) is 11.9 Å². The summed E-state index contributed by atoms with van der Waals surface area (Å²) in [6.45, 7) is 7.25. The summed E-state index contributed by atoms with van der Waals surface area (Å²) in [4.78, 5) is 23.5. The highest BCUT2D eigenvalue weighted by atomic mass is 16.5. The molecule has 0 unspecified atom stereocenters. The van der Waals surface area contributed by atoms with Crippen molar-refractivity contribution in [2.45, 2.75) is 46.1 Å². The second-order valence-electron chi connectivity index (χ2n) is 5.28. The Hall–Kier alpha value is -2.39. The fraction of sp³-hybridized carbons (Fsp3) is 0.471. The molecule has 0 aliphatic heterocycles. The van der Waals surface area contributed by atoms with E-state index in [-0.39, 0.29) is 17.2 Å². The van der Waals surface area contributed by atoms with E-state index in [0.717, 1.165) is 6.42 Å². The molecule has 1 amide bonds. The second-order valence-corrected chi connectivity index (χ2v) is 5.28. The Kier molecular flexibility index (Phi) is 6.73. The second kappa shape index (κ2) is 8.30. The lowest BCUT2D eigenvalue weighted by Gasteiger charge is -2.27. The molecule has 0 aromatic heterocycles. The number of benzene rings is 1. The smallest absolute Gasteiger partial charge is 0.308 e. The van der Waals surface area contributed by atoms with Crippen molar-refractivity contribution in [1.29, 1.82) is 5.26 Å². The minimum atomic E-state index is -0.926. The van der Waals surface area contributed by atoms with Gasteiger partial charge in [0.15, 0.2) is 0 Å². The van der Waals surface area contributed by atoms with Crippen molar-refractivity contribution < 1.29 is 19.1 Å². The topological polar surface area (TPSA) is 88.4 Å². The lowest BCUT2D eigenvalue weighted by Crippen LogP contribution is -2.42. The van der Waals surface area contributed by atoms with E-state index in [9.17, 15) is 9.59 Å². The lowest BCUT2D eigenvalue weighted by molar-refractivity contribution is -0.139. The molecule has 6 heteroatoms. The van der Waals surface area contributed by atoms with E-state index in [0.29, 0.717) is 18.7 Å². The number of nitriles is 1. The summed E-state index contributed by atoms with van der Waals surface area (Å²) in [7, 11) is 0. The first-order valence-electron chi connectivity index (χ1n) is 7.54. The SMILES string of the molecule is CCC[C@@](C)(OCC)C(=O)Nc1ccc(OC(C)=O)c(C#N)c1. The number of ether oxygens (including phenoxy) is 2. The molecular weight excluding hydrogens is 296 g/mol. The van der Waals surface area contributed by atoms with Gasteiger partial charge in [-0.1, -0.05) is 13.3 Å². The number of carbonyl (C=O) groups is 2. The first-order valence-corrected chi connectivity index (χ1v) is 7.54. The van der Waals surface area contributed by atoms with Crippen molar-refractivity contribution in [2.24, 2.45) is 0 Å². The van der Waals surface area contributed by atoms with Gasteiger partial charge in [0.25, 0.3) is 5.91 Å². The predicted octanol–water partition coefficient (Wildman–Crippen LogP) is 3.02. The maximum Gasteiger partial charge on any atom is 0.308 e. The fourth-order valence-corrected chi connectivity index (χ4v) is 2.25. The van der Waals surface area contributed by atoms with Crippen LogP contribution in [0.25, 0.3) is 0 Å². The minimum Gasteiger partial charge on any atom is -0.425 e. The Morgan fingerprint density at radius 3 is 2.57 bits per heavy atom. The minimum absolute atomic E-state index is 0.166. The first-order chi connectivity index (χ1) is 10.9. The van der Waals surface area contributed by atoms with E-state index in [4.69, 9.17) is 14.7 Å². The highest BCUT2D eigenvalue weighted by molar-refractivity contribution is 5.97. The monoisotopic (exact) mass is 318 g/mol. The molecule has 1 atom stereocenters. The van der Waals surface area contributed by atoms with Gasteiger partial charge in [0.1, 0.15) is 17.4 Å². The number of rotatable bonds is 7. The normalized spacial score (nSPS) is 12.8. The number of amides is 1. The Morgan fingerprint density at radius 1 is 1.35 bits per heavy atom. The van der Waals surface area contributed by atoms with Gasteiger partial charge in [-0.3, -0.25) is 9.59 Å². The molecular formula is C17H22N2O4. The van der Waals surface area contributed by atoms with Crippen LogP contribution in [0.5, 0.6) is 5.75 Å². The zero-order valence-corrected chi connectivity index (χ0v) is 13.9. The average Bonchev–Trinajstić information content (AvgIpc) is 2.48. The molecule has 0 spiro atoms. The van der Waals surface area contributed by atoms with Gasteiger partial charge in [0, 0.05) is 19.2 Å². The number of esters is 1. The molecule has 1 rings (SSSR count). The third-order valence-corrected chi connectivity index (χ3v) is 3.28. The maximum atomic E-state index is 12.5. The van der Waals surface area contributed by atoms with Crippen LogP contribution in [0.1, 0.15) is 46.1 Å². The first kappa shape index (κ1) is 18.7. The number of nitrogens with zero attached hydrogens (tertiary/aromatic N) is 1. The quantitative estimate of drug-likeness (QED) is 0.616. The van der Waals surface area contributed by atoms with Gasteiger partial charge >= 0.3 is 5.97 Å². The van der Waals surface area contributed by atoms with E-state index in [1.165, 1.54) is 19.1 Å². The number of nitrogens with one attached hydrogen (secondary N) is 1. The van der Waals surface area contributed by atoms with Crippen molar-refractivity contribution in [1.82, 2.24) is 0 Å². The maximum absolute atomic E-state index is 12.5. The summed E-state index contributed by atoms with van der Waals surface area (Å²) in [6.07, 6.45) is 1.39.